The number of aromatic nitrogens is 1. The van der Waals surface area contributed by atoms with Gasteiger partial charge < -0.3 is 14.7 Å². The maximum atomic E-state index is 12.1. The molecular formula is C18H24N4O. The van der Waals surface area contributed by atoms with Gasteiger partial charge in [-0.3, -0.25) is 4.98 Å². The van der Waals surface area contributed by atoms with Crippen LogP contribution in [-0.4, -0.2) is 61.1 Å². The summed E-state index contributed by atoms with van der Waals surface area (Å²) >= 11 is 0. The molecule has 2 amide bonds. The van der Waals surface area contributed by atoms with Gasteiger partial charge in [0.2, 0.25) is 0 Å². The van der Waals surface area contributed by atoms with Crippen molar-refractivity contribution in [1.29, 1.82) is 0 Å². The van der Waals surface area contributed by atoms with E-state index in [1.807, 2.05) is 24.2 Å². The third-order valence-electron chi connectivity index (χ3n) is 4.66. The van der Waals surface area contributed by atoms with Crippen molar-refractivity contribution < 1.29 is 4.79 Å². The van der Waals surface area contributed by atoms with Gasteiger partial charge in [0.25, 0.3) is 0 Å². The SMILES string of the molecule is CN(C)C(=O)N(C)C1CCN(c2ccnc3ccccc23)CC1. The number of carbonyl (C=O) groups excluding carboxylic acids is 1. The molecule has 1 saturated heterocycles. The summed E-state index contributed by atoms with van der Waals surface area (Å²) in [5.74, 6) is 0. The van der Waals surface area contributed by atoms with Gasteiger partial charge in [0, 0.05) is 57.5 Å². The molecule has 1 aliphatic rings. The highest BCUT2D eigenvalue weighted by Crippen LogP contribution is 2.28. The third kappa shape index (κ3) is 3.09. The molecule has 0 bridgehead atoms. The van der Waals surface area contributed by atoms with E-state index in [4.69, 9.17) is 0 Å². The summed E-state index contributed by atoms with van der Waals surface area (Å²) in [5.41, 5.74) is 2.28. The zero-order valence-corrected chi connectivity index (χ0v) is 14.1. The summed E-state index contributed by atoms with van der Waals surface area (Å²) < 4.78 is 0. The van der Waals surface area contributed by atoms with E-state index in [0.717, 1.165) is 31.4 Å². The lowest BCUT2D eigenvalue weighted by Crippen LogP contribution is -2.48. The fraction of sp³-hybridized carbons (Fsp3) is 0.444. The van der Waals surface area contributed by atoms with Crippen molar-refractivity contribution in [2.24, 2.45) is 0 Å². The van der Waals surface area contributed by atoms with Gasteiger partial charge in [0.1, 0.15) is 0 Å². The van der Waals surface area contributed by atoms with Crippen molar-refractivity contribution in [3.8, 4) is 0 Å². The van der Waals surface area contributed by atoms with Crippen LogP contribution in [0.2, 0.25) is 0 Å². The summed E-state index contributed by atoms with van der Waals surface area (Å²) in [6, 6.07) is 10.8. The average Bonchev–Trinajstić information content (AvgIpc) is 2.60. The molecule has 23 heavy (non-hydrogen) atoms. The van der Waals surface area contributed by atoms with Gasteiger partial charge in [-0.1, -0.05) is 18.2 Å². The molecule has 0 radical (unpaired) electrons. The second-order valence-electron chi connectivity index (χ2n) is 6.35. The van der Waals surface area contributed by atoms with Crippen molar-refractivity contribution in [1.82, 2.24) is 14.8 Å². The molecule has 0 spiro atoms. The number of anilines is 1. The average molecular weight is 312 g/mol. The lowest BCUT2D eigenvalue weighted by Gasteiger charge is -2.38. The predicted octanol–water partition coefficient (Wildman–Crippen LogP) is 2.82. The first-order chi connectivity index (χ1) is 11.1. The van der Waals surface area contributed by atoms with Gasteiger partial charge in [-0.15, -0.1) is 0 Å². The van der Waals surface area contributed by atoms with Crippen LogP contribution in [0.5, 0.6) is 0 Å². The first kappa shape index (κ1) is 15.6. The molecule has 0 aliphatic carbocycles. The number of pyridine rings is 1. The molecule has 3 rings (SSSR count). The van der Waals surface area contributed by atoms with Crippen molar-refractivity contribution in [3.05, 3.63) is 36.5 Å². The molecule has 2 aromatic rings. The Bertz CT molecular complexity index is 687. The number of hydrogen-bond donors (Lipinski definition) is 0. The van der Waals surface area contributed by atoms with Crippen molar-refractivity contribution >= 4 is 22.6 Å². The Morgan fingerprint density at radius 1 is 1.13 bits per heavy atom. The molecule has 1 aromatic carbocycles. The quantitative estimate of drug-likeness (QED) is 0.856. The van der Waals surface area contributed by atoms with Gasteiger partial charge in [-0.05, 0) is 25.0 Å². The van der Waals surface area contributed by atoms with E-state index in [2.05, 4.69) is 34.1 Å². The number of amides is 2. The molecule has 5 nitrogen and oxygen atoms in total. The standard InChI is InChI=1S/C18H24N4O/c1-20(2)18(23)21(3)14-9-12-22(13-10-14)17-8-11-19-16-7-5-4-6-15(16)17/h4-8,11,14H,9-10,12-13H2,1-3H3. The van der Waals surface area contributed by atoms with E-state index in [1.165, 1.54) is 11.1 Å². The molecule has 2 heterocycles. The van der Waals surface area contributed by atoms with Gasteiger partial charge in [0.05, 0.1) is 5.52 Å². The Morgan fingerprint density at radius 2 is 1.83 bits per heavy atom. The van der Waals surface area contributed by atoms with E-state index in [-0.39, 0.29) is 6.03 Å². The fourth-order valence-corrected chi connectivity index (χ4v) is 3.32. The van der Waals surface area contributed by atoms with E-state index in [0.29, 0.717) is 6.04 Å². The summed E-state index contributed by atoms with van der Waals surface area (Å²) in [5, 5.41) is 1.20. The van der Waals surface area contributed by atoms with Crippen LogP contribution in [0, 0.1) is 0 Å². The molecule has 1 aromatic heterocycles. The smallest absolute Gasteiger partial charge is 0.319 e. The Hall–Kier alpha value is -2.30. The predicted molar refractivity (Wildman–Crippen MR) is 93.8 cm³/mol. The number of carbonyl (C=O) groups is 1. The van der Waals surface area contributed by atoms with Crippen LogP contribution in [0.15, 0.2) is 36.5 Å². The molecule has 5 heteroatoms. The second-order valence-corrected chi connectivity index (χ2v) is 6.35. The normalized spacial score (nSPS) is 15.7. The van der Waals surface area contributed by atoms with Crippen molar-refractivity contribution in [2.75, 3.05) is 39.1 Å². The summed E-state index contributed by atoms with van der Waals surface area (Å²) in [4.78, 5) is 22.5. The number of para-hydroxylation sites is 1. The summed E-state index contributed by atoms with van der Waals surface area (Å²) in [6.45, 7) is 1.92. The minimum absolute atomic E-state index is 0.0813. The molecular weight excluding hydrogens is 288 g/mol. The molecule has 122 valence electrons. The number of rotatable bonds is 2. The lowest BCUT2D eigenvalue weighted by molar-refractivity contribution is 0.155. The maximum Gasteiger partial charge on any atom is 0.319 e. The van der Waals surface area contributed by atoms with Crippen LogP contribution < -0.4 is 4.90 Å². The topological polar surface area (TPSA) is 39.7 Å². The van der Waals surface area contributed by atoms with Crippen LogP contribution in [0.4, 0.5) is 10.5 Å². The van der Waals surface area contributed by atoms with Crippen LogP contribution in [0.3, 0.4) is 0 Å². The Morgan fingerprint density at radius 3 is 2.52 bits per heavy atom. The van der Waals surface area contributed by atoms with Gasteiger partial charge >= 0.3 is 6.03 Å². The van der Waals surface area contributed by atoms with E-state index < -0.39 is 0 Å². The number of hydrogen-bond acceptors (Lipinski definition) is 3. The van der Waals surface area contributed by atoms with E-state index in [9.17, 15) is 4.79 Å². The van der Waals surface area contributed by atoms with E-state index >= 15 is 0 Å². The number of urea groups is 1. The Kier molecular flexibility index (Phi) is 4.37. The van der Waals surface area contributed by atoms with Gasteiger partial charge in [0.15, 0.2) is 0 Å². The third-order valence-corrected chi connectivity index (χ3v) is 4.66. The minimum Gasteiger partial charge on any atom is -0.371 e. The summed E-state index contributed by atoms with van der Waals surface area (Å²) in [6.07, 6.45) is 3.87. The highest BCUT2D eigenvalue weighted by Gasteiger charge is 2.26. The van der Waals surface area contributed by atoms with Crippen LogP contribution >= 0.6 is 0 Å². The second kappa shape index (κ2) is 6.44. The lowest BCUT2D eigenvalue weighted by atomic mass is 10.0. The first-order valence-corrected chi connectivity index (χ1v) is 8.10. The zero-order chi connectivity index (χ0) is 16.4. The molecule has 0 atom stereocenters. The summed E-state index contributed by atoms with van der Waals surface area (Å²) in [7, 11) is 5.51. The largest absolute Gasteiger partial charge is 0.371 e. The molecule has 0 N–H and O–H groups in total. The minimum atomic E-state index is 0.0813. The number of benzene rings is 1. The van der Waals surface area contributed by atoms with Crippen LogP contribution in [0.25, 0.3) is 10.9 Å². The molecule has 0 unspecified atom stereocenters. The molecule has 1 fully saturated rings. The van der Waals surface area contributed by atoms with E-state index in [1.54, 1.807) is 19.0 Å². The van der Waals surface area contributed by atoms with Crippen LogP contribution in [-0.2, 0) is 0 Å². The van der Waals surface area contributed by atoms with Gasteiger partial charge in [-0.2, -0.15) is 0 Å². The Balaban J connectivity index is 1.72. The number of fused-ring (bicyclic) bond motifs is 1. The molecule has 0 saturated carbocycles. The number of nitrogens with zero attached hydrogens (tertiary/aromatic N) is 4. The fourth-order valence-electron chi connectivity index (χ4n) is 3.32. The monoisotopic (exact) mass is 312 g/mol. The highest BCUT2D eigenvalue weighted by atomic mass is 16.2. The zero-order valence-electron chi connectivity index (χ0n) is 14.1. The first-order valence-electron chi connectivity index (χ1n) is 8.10. The van der Waals surface area contributed by atoms with Crippen molar-refractivity contribution in [3.63, 3.8) is 0 Å². The van der Waals surface area contributed by atoms with Crippen LogP contribution in [0.1, 0.15) is 12.8 Å². The van der Waals surface area contributed by atoms with Crippen molar-refractivity contribution in [2.45, 2.75) is 18.9 Å². The molecule has 1 aliphatic heterocycles. The maximum absolute atomic E-state index is 12.1. The van der Waals surface area contributed by atoms with Gasteiger partial charge in [-0.25, -0.2) is 4.79 Å². The number of piperidine rings is 1. The highest BCUT2D eigenvalue weighted by molar-refractivity contribution is 5.91. The Labute approximate surface area is 137 Å².